The largest absolute Gasteiger partial charge is 0.330 e. The van der Waals surface area contributed by atoms with Crippen molar-refractivity contribution in [2.24, 2.45) is 11.1 Å². The second-order valence-corrected chi connectivity index (χ2v) is 5.68. The van der Waals surface area contributed by atoms with Gasteiger partial charge in [0.2, 0.25) is 0 Å². The number of nitrogens with zero attached hydrogens (tertiary/aromatic N) is 2. The molecule has 0 aromatic carbocycles. The third-order valence-corrected chi connectivity index (χ3v) is 4.42. The number of likely N-dealkylation sites (tertiary alicyclic amines) is 1. The molecule has 0 aromatic rings. The van der Waals surface area contributed by atoms with Crippen molar-refractivity contribution in [2.45, 2.75) is 31.7 Å². The lowest BCUT2D eigenvalue weighted by atomic mass is 9.68. The number of nitrogens with two attached hydrogens (primary N) is 1. The van der Waals surface area contributed by atoms with E-state index < -0.39 is 0 Å². The molecule has 2 aliphatic rings. The number of likely N-dealkylation sites (N-methyl/N-ethyl adjacent to an activating group) is 2. The molecule has 0 spiro atoms. The highest BCUT2D eigenvalue weighted by Gasteiger charge is 2.38. The molecule has 88 valence electrons. The number of hydrogen-bond acceptors (Lipinski definition) is 3. The molecule has 1 saturated heterocycles. The third-order valence-electron chi connectivity index (χ3n) is 4.42. The summed E-state index contributed by atoms with van der Waals surface area (Å²) in [5.41, 5.74) is 6.37. The van der Waals surface area contributed by atoms with Crippen molar-refractivity contribution < 1.29 is 0 Å². The van der Waals surface area contributed by atoms with Crippen LogP contribution in [0.15, 0.2) is 0 Å². The minimum Gasteiger partial charge on any atom is -0.330 e. The van der Waals surface area contributed by atoms with Crippen molar-refractivity contribution in [3.05, 3.63) is 0 Å². The molecule has 0 aromatic heterocycles. The Kier molecular flexibility index (Phi) is 3.33. The minimum atomic E-state index is 0.468. The summed E-state index contributed by atoms with van der Waals surface area (Å²) in [6, 6.07) is 0.763. The zero-order valence-electron chi connectivity index (χ0n) is 10.2. The van der Waals surface area contributed by atoms with Crippen LogP contribution >= 0.6 is 0 Å². The predicted octanol–water partition coefficient (Wildman–Crippen LogP) is 0.751. The number of rotatable bonds is 4. The predicted molar refractivity (Wildman–Crippen MR) is 63.9 cm³/mol. The topological polar surface area (TPSA) is 32.5 Å². The van der Waals surface area contributed by atoms with E-state index in [2.05, 4.69) is 23.9 Å². The lowest BCUT2D eigenvalue weighted by molar-refractivity contribution is 0.0688. The summed E-state index contributed by atoms with van der Waals surface area (Å²) in [4.78, 5) is 4.98. The first kappa shape index (κ1) is 11.4. The molecule has 15 heavy (non-hydrogen) atoms. The van der Waals surface area contributed by atoms with Crippen molar-refractivity contribution in [3.8, 4) is 0 Å². The molecule has 0 bridgehead atoms. The summed E-state index contributed by atoms with van der Waals surface area (Å²) in [5, 5.41) is 0. The van der Waals surface area contributed by atoms with Crippen LogP contribution in [0.1, 0.15) is 25.7 Å². The van der Waals surface area contributed by atoms with Gasteiger partial charge in [-0.25, -0.2) is 0 Å². The Morgan fingerprint density at radius 1 is 1.47 bits per heavy atom. The van der Waals surface area contributed by atoms with Crippen LogP contribution in [0.2, 0.25) is 0 Å². The highest BCUT2D eigenvalue weighted by Crippen LogP contribution is 2.40. The van der Waals surface area contributed by atoms with Gasteiger partial charge in [0.1, 0.15) is 0 Å². The Morgan fingerprint density at radius 2 is 2.20 bits per heavy atom. The van der Waals surface area contributed by atoms with Gasteiger partial charge in [-0.2, -0.15) is 0 Å². The van der Waals surface area contributed by atoms with Crippen molar-refractivity contribution in [1.82, 2.24) is 9.80 Å². The molecule has 2 fully saturated rings. The van der Waals surface area contributed by atoms with Crippen LogP contribution in [-0.2, 0) is 0 Å². The molecule has 3 nitrogen and oxygen atoms in total. The molecule has 1 atom stereocenters. The standard InChI is InChI=1S/C12H25N3/c1-14-7-4-11(8-14)15(2)10-12(9-13)5-3-6-12/h11H,3-10,13H2,1-2H3. The summed E-state index contributed by atoms with van der Waals surface area (Å²) in [6.07, 6.45) is 5.40. The molecule has 1 aliphatic heterocycles. The van der Waals surface area contributed by atoms with Crippen molar-refractivity contribution in [1.29, 1.82) is 0 Å². The van der Waals surface area contributed by atoms with Gasteiger partial charge in [0.25, 0.3) is 0 Å². The van der Waals surface area contributed by atoms with E-state index in [1.165, 1.54) is 45.3 Å². The summed E-state index contributed by atoms with van der Waals surface area (Å²) < 4.78 is 0. The average Bonchev–Trinajstić information content (AvgIpc) is 2.58. The van der Waals surface area contributed by atoms with Gasteiger partial charge in [-0.05, 0) is 51.9 Å². The van der Waals surface area contributed by atoms with E-state index in [-0.39, 0.29) is 0 Å². The quantitative estimate of drug-likeness (QED) is 0.745. The lowest BCUT2D eigenvalue weighted by Crippen LogP contribution is -2.49. The fourth-order valence-corrected chi connectivity index (χ4v) is 3.03. The molecule has 2 N–H and O–H groups in total. The molecule has 1 heterocycles. The molecule has 1 saturated carbocycles. The van der Waals surface area contributed by atoms with Gasteiger partial charge in [-0.15, -0.1) is 0 Å². The van der Waals surface area contributed by atoms with Gasteiger partial charge in [-0.1, -0.05) is 6.42 Å². The Labute approximate surface area is 93.6 Å². The number of hydrogen-bond donors (Lipinski definition) is 1. The zero-order valence-corrected chi connectivity index (χ0v) is 10.2. The van der Waals surface area contributed by atoms with Gasteiger partial charge >= 0.3 is 0 Å². The first-order chi connectivity index (χ1) is 7.15. The third kappa shape index (κ3) is 2.35. The Balaban J connectivity index is 1.83. The summed E-state index contributed by atoms with van der Waals surface area (Å²) in [7, 11) is 4.50. The van der Waals surface area contributed by atoms with Crippen LogP contribution in [0.3, 0.4) is 0 Å². The molecule has 1 unspecified atom stereocenters. The van der Waals surface area contributed by atoms with E-state index in [0.29, 0.717) is 5.41 Å². The molecule has 0 amide bonds. The lowest BCUT2D eigenvalue weighted by Gasteiger charge is -2.44. The monoisotopic (exact) mass is 211 g/mol. The summed E-state index contributed by atoms with van der Waals surface area (Å²) in [6.45, 7) is 4.57. The van der Waals surface area contributed by atoms with E-state index >= 15 is 0 Å². The molecule has 0 radical (unpaired) electrons. The Morgan fingerprint density at radius 3 is 2.60 bits per heavy atom. The fraction of sp³-hybridized carbons (Fsp3) is 1.00. The van der Waals surface area contributed by atoms with Crippen molar-refractivity contribution in [3.63, 3.8) is 0 Å². The normalized spacial score (nSPS) is 30.8. The van der Waals surface area contributed by atoms with Gasteiger partial charge < -0.3 is 15.5 Å². The van der Waals surface area contributed by atoms with Crippen molar-refractivity contribution >= 4 is 0 Å². The van der Waals surface area contributed by atoms with E-state index in [1.807, 2.05) is 0 Å². The Bertz CT molecular complexity index is 207. The van der Waals surface area contributed by atoms with E-state index in [4.69, 9.17) is 5.73 Å². The molecule has 3 heteroatoms. The zero-order chi connectivity index (χ0) is 10.9. The van der Waals surface area contributed by atoms with E-state index in [1.54, 1.807) is 0 Å². The fourth-order valence-electron chi connectivity index (χ4n) is 3.03. The minimum absolute atomic E-state index is 0.468. The first-order valence-corrected chi connectivity index (χ1v) is 6.24. The average molecular weight is 211 g/mol. The molecular weight excluding hydrogens is 186 g/mol. The van der Waals surface area contributed by atoms with Gasteiger partial charge in [0.05, 0.1) is 0 Å². The van der Waals surface area contributed by atoms with Crippen LogP contribution in [0.5, 0.6) is 0 Å². The van der Waals surface area contributed by atoms with Gasteiger partial charge in [0, 0.05) is 19.1 Å². The van der Waals surface area contributed by atoms with Crippen LogP contribution in [0.4, 0.5) is 0 Å². The van der Waals surface area contributed by atoms with Crippen LogP contribution in [-0.4, -0.2) is 56.1 Å². The maximum Gasteiger partial charge on any atom is 0.0232 e. The van der Waals surface area contributed by atoms with Gasteiger partial charge in [0.15, 0.2) is 0 Å². The molecule has 1 aliphatic carbocycles. The van der Waals surface area contributed by atoms with E-state index in [9.17, 15) is 0 Å². The summed E-state index contributed by atoms with van der Waals surface area (Å²) >= 11 is 0. The maximum atomic E-state index is 5.91. The smallest absolute Gasteiger partial charge is 0.0232 e. The second-order valence-electron chi connectivity index (χ2n) is 5.68. The van der Waals surface area contributed by atoms with Crippen molar-refractivity contribution in [2.75, 3.05) is 40.3 Å². The highest BCUT2D eigenvalue weighted by molar-refractivity contribution is 4.93. The SMILES string of the molecule is CN1CCC(N(C)CC2(CN)CCC2)C1. The van der Waals surface area contributed by atoms with Crippen LogP contribution in [0.25, 0.3) is 0 Å². The second kappa shape index (κ2) is 4.40. The van der Waals surface area contributed by atoms with Gasteiger partial charge in [-0.3, -0.25) is 0 Å². The molecular formula is C12H25N3. The maximum absolute atomic E-state index is 5.91. The van der Waals surface area contributed by atoms with E-state index in [0.717, 1.165) is 12.6 Å². The Hall–Kier alpha value is -0.120. The first-order valence-electron chi connectivity index (χ1n) is 6.24. The van der Waals surface area contributed by atoms with Crippen LogP contribution < -0.4 is 5.73 Å². The highest BCUT2D eigenvalue weighted by atomic mass is 15.2. The summed E-state index contributed by atoms with van der Waals surface area (Å²) in [5.74, 6) is 0. The molecule has 2 rings (SSSR count). The van der Waals surface area contributed by atoms with Crippen LogP contribution in [0, 0.1) is 5.41 Å².